The van der Waals surface area contributed by atoms with E-state index in [1.165, 1.54) is 25.5 Å². The number of hydrogen-bond acceptors (Lipinski definition) is 5. The molecule has 0 spiro atoms. The first kappa shape index (κ1) is 13.2. The van der Waals surface area contributed by atoms with Gasteiger partial charge in [-0.2, -0.15) is 0 Å². The Bertz CT molecular complexity index is 380. The van der Waals surface area contributed by atoms with Crippen LogP contribution in [0.25, 0.3) is 0 Å². The summed E-state index contributed by atoms with van der Waals surface area (Å²) < 4.78 is 0. The predicted molar refractivity (Wildman–Crippen MR) is 62.3 cm³/mol. The average Bonchev–Trinajstić information content (AvgIpc) is 2.35. The minimum Gasteiger partial charge on any atom is -0.351 e. The van der Waals surface area contributed by atoms with E-state index in [2.05, 4.69) is 15.3 Å². The number of carbonyl (C=O) groups is 2. The molecule has 0 saturated heterocycles. The van der Waals surface area contributed by atoms with E-state index in [0.717, 1.165) is 0 Å². The minimum atomic E-state index is -0.441. The molecule has 92 valence electrons. The first-order chi connectivity index (χ1) is 8.11. The van der Waals surface area contributed by atoms with Crippen LogP contribution in [0, 0.1) is 0 Å². The third-order valence-electron chi connectivity index (χ3n) is 2.30. The molecule has 0 aromatic carbocycles. The summed E-state index contributed by atoms with van der Waals surface area (Å²) in [7, 11) is 0. The van der Waals surface area contributed by atoms with E-state index in [-0.39, 0.29) is 17.4 Å². The van der Waals surface area contributed by atoms with Gasteiger partial charge in [0.2, 0.25) is 0 Å². The van der Waals surface area contributed by atoms with Crippen molar-refractivity contribution < 1.29 is 9.59 Å². The van der Waals surface area contributed by atoms with Crippen molar-refractivity contribution in [2.75, 3.05) is 6.54 Å². The molecule has 0 aliphatic carbocycles. The monoisotopic (exact) mass is 236 g/mol. The smallest absolute Gasteiger partial charge is 0.271 e. The maximum atomic E-state index is 11.5. The fraction of sp³-hybridized carbons (Fsp3) is 0.455. The molecule has 1 amide bonds. The molecule has 0 bridgehead atoms. The van der Waals surface area contributed by atoms with Gasteiger partial charge in [0, 0.05) is 18.9 Å². The molecule has 1 rings (SSSR count). The van der Waals surface area contributed by atoms with Crippen LogP contribution in [0.3, 0.4) is 0 Å². The van der Waals surface area contributed by atoms with Gasteiger partial charge in [-0.15, -0.1) is 0 Å². The molecule has 1 atom stereocenters. The number of carbonyl (C=O) groups excluding carboxylic acids is 2. The third kappa shape index (κ3) is 4.69. The van der Waals surface area contributed by atoms with Gasteiger partial charge in [-0.25, -0.2) is 4.98 Å². The topological polar surface area (TPSA) is 98.0 Å². The maximum absolute atomic E-state index is 11.5. The molecule has 1 aromatic heterocycles. The molecule has 17 heavy (non-hydrogen) atoms. The average molecular weight is 236 g/mol. The number of hydrogen-bond donors (Lipinski definition) is 2. The first-order valence-corrected chi connectivity index (χ1v) is 5.41. The highest BCUT2D eigenvalue weighted by Gasteiger charge is 2.09. The van der Waals surface area contributed by atoms with E-state index < -0.39 is 6.04 Å². The summed E-state index contributed by atoms with van der Waals surface area (Å²) >= 11 is 0. The molecule has 0 radical (unpaired) electrons. The Hall–Kier alpha value is -1.82. The third-order valence-corrected chi connectivity index (χ3v) is 2.30. The van der Waals surface area contributed by atoms with E-state index in [1.807, 2.05) is 0 Å². The molecule has 1 heterocycles. The summed E-state index contributed by atoms with van der Waals surface area (Å²) in [5.41, 5.74) is 5.84. The van der Waals surface area contributed by atoms with Crippen molar-refractivity contribution in [1.29, 1.82) is 0 Å². The van der Waals surface area contributed by atoms with Gasteiger partial charge in [0.1, 0.15) is 11.5 Å². The lowest BCUT2D eigenvalue weighted by atomic mass is 10.1. The summed E-state index contributed by atoms with van der Waals surface area (Å²) in [5.74, 6) is -0.306. The number of nitrogens with one attached hydrogen (secondary N) is 1. The Morgan fingerprint density at radius 1 is 1.47 bits per heavy atom. The lowest BCUT2D eigenvalue weighted by Gasteiger charge is -2.07. The van der Waals surface area contributed by atoms with Crippen LogP contribution in [0.1, 0.15) is 30.3 Å². The van der Waals surface area contributed by atoms with Crippen LogP contribution in [0.4, 0.5) is 0 Å². The molecular formula is C11H16N4O2. The van der Waals surface area contributed by atoms with Crippen molar-refractivity contribution in [3.63, 3.8) is 0 Å². The van der Waals surface area contributed by atoms with Crippen LogP contribution in [0.15, 0.2) is 18.6 Å². The second kappa shape index (κ2) is 6.70. The number of aromatic nitrogens is 2. The molecule has 0 saturated carbocycles. The maximum Gasteiger partial charge on any atom is 0.271 e. The number of rotatable bonds is 6. The summed E-state index contributed by atoms with van der Waals surface area (Å²) in [6.07, 6.45) is 5.59. The van der Waals surface area contributed by atoms with E-state index in [0.29, 0.717) is 19.4 Å². The van der Waals surface area contributed by atoms with E-state index in [4.69, 9.17) is 5.73 Å². The molecule has 0 aliphatic heterocycles. The first-order valence-electron chi connectivity index (χ1n) is 5.41. The highest BCUT2D eigenvalue weighted by atomic mass is 16.2. The lowest BCUT2D eigenvalue weighted by molar-refractivity contribution is -0.118. The second-order valence-electron chi connectivity index (χ2n) is 3.71. The van der Waals surface area contributed by atoms with Crippen LogP contribution >= 0.6 is 0 Å². The van der Waals surface area contributed by atoms with Gasteiger partial charge >= 0.3 is 0 Å². The van der Waals surface area contributed by atoms with Crippen molar-refractivity contribution in [3.05, 3.63) is 24.3 Å². The highest BCUT2D eigenvalue weighted by molar-refractivity contribution is 5.91. The SMILES string of the molecule is CC(=O)[C@H](N)CCCNC(=O)c1cnccn1. The van der Waals surface area contributed by atoms with Crippen LogP contribution in [-0.2, 0) is 4.79 Å². The number of amides is 1. The fourth-order valence-electron chi connectivity index (χ4n) is 1.23. The van der Waals surface area contributed by atoms with Gasteiger partial charge in [0.05, 0.1) is 12.2 Å². The molecule has 6 nitrogen and oxygen atoms in total. The van der Waals surface area contributed by atoms with Crippen molar-refractivity contribution in [3.8, 4) is 0 Å². The summed E-state index contributed by atoms with van der Waals surface area (Å²) in [5, 5.41) is 2.68. The Balaban J connectivity index is 2.24. The normalized spacial score (nSPS) is 11.9. The van der Waals surface area contributed by atoms with E-state index >= 15 is 0 Å². The zero-order chi connectivity index (χ0) is 12.7. The fourth-order valence-corrected chi connectivity index (χ4v) is 1.23. The molecule has 6 heteroatoms. The van der Waals surface area contributed by atoms with Gasteiger partial charge in [-0.05, 0) is 19.8 Å². The van der Waals surface area contributed by atoms with Crippen LogP contribution in [0.2, 0.25) is 0 Å². The standard InChI is InChI=1S/C11H16N4O2/c1-8(16)9(12)3-2-4-15-11(17)10-7-13-5-6-14-10/h5-7,9H,2-4,12H2,1H3,(H,15,17)/t9-/m1/s1. The summed E-state index contributed by atoms with van der Waals surface area (Å²) in [6, 6.07) is -0.441. The zero-order valence-corrected chi connectivity index (χ0v) is 9.72. The summed E-state index contributed by atoms with van der Waals surface area (Å²) in [4.78, 5) is 30.0. The zero-order valence-electron chi connectivity index (χ0n) is 9.72. The van der Waals surface area contributed by atoms with Gasteiger partial charge in [0.15, 0.2) is 0 Å². The molecule has 0 aliphatic rings. The predicted octanol–water partition coefficient (Wildman–Crippen LogP) is -0.0971. The number of nitrogens with zero attached hydrogens (tertiary/aromatic N) is 2. The lowest BCUT2D eigenvalue weighted by Crippen LogP contribution is -2.31. The Morgan fingerprint density at radius 2 is 2.24 bits per heavy atom. The number of Topliss-reactive ketones (excluding diaryl/α,β-unsaturated/α-hetero) is 1. The number of ketones is 1. The van der Waals surface area contributed by atoms with E-state index in [1.54, 1.807) is 0 Å². The molecule has 1 aromatic rings. The molecule has 0 unspecified atom stereocenters. The van der Waals surface area contributed by atoms with Crippen LogP contribution in [-0.4, -0.2) is 34.2 Å². The number of nitrogens with two attached hydrogens (primary N) is 1. The van der Waals surface area contributed by atoms with Crippen molar-refractivity contribution in [2.24, 2.45) is 5.73 Å². The largest absolute Gasteiger partial charge is 0.351 e. The van der Waals surface area contributed by atoms with Crippen molar-refractivity contribution in [1.82, 2.24) is 15.3 Å². The van der Waals surface area contributed by atoms with Gasteiger partial charge in [0.25, 0.3) is 5.91 Å². The van der Waals surface area contributed by atoms with Crippen molar-refractivity contribution >= 4 is 11.7 Å². The highest BCUT2D eigenvalue weighted by Crippen LogP contribution is 1.95. The molecule has 3 N–H and O–H groups in total. The Labute approximate surface area is 99.6 Å². The second-order valence-corrected chi connectivity index (χ2v) is 3.71. The minimum absolute atomic E-state index is 0.0368. The van der Waals surface area contributed by atoms with Gasteiger partial charge in [-0.1, -0.05) is 0 Å². The Morgan fingerprint density at radius 3 is 2.82 bits per heavy atom. The van der Waals surface area contributed by atoms with Gasteiger partial charge in [-0.3, -0.25) is 14.6 Å². The quantitative estimate of drug-likeness (QED) is 0.672. The Kier molecular flexibility index (Phi) is 5.22. The van der Waals surface area contributed by atoms with Crippen molar-refractivity contribution in [2.45, 2.75) is 25.8 Å². The van der Waals surface area contributed by atoms with Gasteiger partial charge < -0.3 is 11.1 Å². The van der Waals surface area contributed by atoms with E-state index in [9.17, 15) is 9.59 Å². The van der Waals surface area contributed by atoms with Crippen LogP contribution in [0.5, 0.6) is 0 Å². The summed E-state index contributed by atoms with van der Waals surface area (Å²) in [6.45, 7) is 1.93. The van der Waals surface area contributed by atoms with Crippen LogP contribution < -0.4 is 11.1 Å². The molecular weight excluding hydrogens is 220 g/mol. The molecule has 0 fully saturated rings.